The molecule has 0 spiro atoms. The minimum Gasteiger partial charge on any atom is -0.353 e. The van der Waals surface area contributed by atoms with Gasteiger partial charge in [0, 0.05) is 41.5 Å². The van der Waals surface area contributed by atoms with Gasteiger partial charge in [0.15, 0.2) is 0 Å². The number of fused-ring (bicyclic) bond motifs is 5. The molecule has 0 saturated carbocycles. The van der Waals surface area contributed by atoms with Crippen LogP contribution in [0.5, 0.6) is 0 Å². The quantitative estimate of drug-likeness (QED) is 0.0996. The van der Waals surface area contributed by atoms with Gasteiger partial charge in [0.2, 0.25) is 0 Å². The van der Waals surface area contributed by atoms with E-state index in [4.69, 9.17) is 0 Å². The lowest BCUT2D eigenvalue weighted by molar-refractivity contribution is 0.456. The molecule has 0 aromatic heterocycles. The molecule has 0 amide bonds. The summed E-state index contributed by atoms with van der Waals surface area (Å²) in [5.41, 5.74) is 7.98. The summed E-state index contributed by atoms with van der Waals surface area (Å²) in [4.78, 5) is 5.05. The number of likely N-dealkylation sites (N-methyl/N-ethyl adjacent to an activating group) is 1. The molecule has 0 N–H and O–H groups in total. The minimum absolute atomic E-state index is 0.0382. The van der Waals surface area contributed by atoms with E-state index in [0.29, 0.717) is 0 Å². The van der Waals surface area contributed by atoms with Crippen LogP contribution in [0.4, 0.5) is 11.4 Å². The third-order valence-corrected chi connectivity index (χ3v) is 12.6. The SMILES string of the molecule is CCCN1c2ccccc2C(C)(C)C1(I)/C=C/C=C1/N(C)c2ccc3ccccc3c2C1(C)Cc1ccc2ccccc2c1. The molecule has 7 rings (SSSR count). The first-order chi connectivity index (χ1) is 21.2. The van der Waals surface area contributed by atoms with Crippen LogP contribution in [-0.4, -0.2) is 17.1 Å². The van der Waals surface area contributed by atoms with Crippen molar-refractivity contribution in [3.63, 3.8) is 0 Å². The summed E-state index contributed by atoms with van der Waals surface area (Å²) in [6.45, 7) is 10.6. The second kappa shape index (κ2) is 10.8. The lowest BCUT2D eigenvalue weighted by Gasteiger charge is -2.41. The van der Waals surface area contributed by atoms with Gasteiger partial charge in [-0.15, -0.1) is 0 Å². The van der Waals surface area contributed by atoms with Gasteiger partial charge in [0.25, 0.3) is 0 Å². The number of benzene rings is 5. The summed E-state index contributed by atoms with van der Waals surface area (Å²) in [5.74, 6) is 0. The molecule has 2 nitrogen and oxygen atoms in total. The average Bonchev–Trinajstić information content (AvgIpc) is 3.34. The predicted octanol–water partition coefficient (Wildman–Crippen LogP) is 10.7. The highest BCUT2D eigenvalue weighted by molar-refractivity contribution is 14.1. The zero-order chi connectivity index (χ0) is 30.7. The topological polar surface area (TPSA) is 6.48 Å². The first-order valence-corrected chi connectivity index (χ1v) is 17.0. The van der Waals surface area contributed by atoms with Crippen molar-refractivity contribution in [1.82, 2.24) is 0 Å². The highest BCUT2D eigenvalue weighted by Crippen LogP contribution is 2.56. The highest BCUT2D eigenvalue weighted by atomic mass is 127. The van der Waals surface area contributed by atoms with Gasteiger partial charge in [-0.05, 0) is 105 Å². The number of para-hydroxylation sites is 1. The van der Waals surface area contributed by atoms with Gasteiger partial charge in [-0.3, -0.25) is 0 Å². The third kappa shape index (κ3) is 4.34. The number of allylic oxidation sites excluding steroid dienone is 3. The van der Waals surface area contributed by atoms with Crippen molar-refractivity contribution >= 4 is 55.5 Å². The number of hydrogen-bond donors (Lipinski definition) is 0. The van der Waals surface area contributed by atoms with E-state index in [0.717, 1.165) is 19.4 Å². The Morgan fingerprint density at radius 3 is 2.23 bits per heavy atom. The standard InChI is InChI=1S/C41H41IN2/c1-6-26-44-35-19-12-11-18-34(35)39(2,3)41(44,42)25-13-20-37-40(4,28-29-21-22-30-14-7-8-16-32(30)27-29)38-33-17-10-9-15-31(33)23-24-36(38)43(37)5/h7-25,27H,6,26,28H2,1-5H3/b25-13+,37-20+. The summed E-state index contributed by atoms with van der Waals surface area (Å²) < 4.78 is -0.174. The fourth-order valence-electron chi connectivity index (χ4n) is 7.99. The number of anilines is 2. The van der Waals surface area contributed by atoms with Gasteiger partial charge >= 0.3 is 0 Å². The van der Waals surface area contributed by atoms with Crippen LogP contribution >= 0.6 is 22.6 Å². The molecule has 2 aliphatic rings. The van der Waals surface area contributed by atoms with E-state index in [1.54, 1.807) is 0 Å². The van der Waals surface area contributed by atoms with Crippen molar-refractivity contribution in [2.75, 3.05) is 23.4 Å². The summed E-state index contributed by atoms with van der Waals surface area (Å²) in [6.07, 6.45) is 9.25. The Bertz CT molecular complexity index is 1950. The van der Waals surface area contributed by atoms with Gasteiger partial charge in [0.1, 0.15) is 3.55 Å². The van der Waals surface area contributed by atoms with Crippen molar-refractivity contribution in [3.8, 4) is 0 Å². The Hall–Kier alpha value is -3.57. The molecular formula is C41H41IN2. The third-order valence-electron chi connectivity index (χ3n) is 10.3. The zero-order valence-corrected chi connectivity index (χ0v) is 28.6. The smallest absolute Gasteiger partial charge is 0.120 e. The van der Waals surface area contributed by atoms with Crippen LogP contribution in [0.25, 0.3) is 21.5 Å². The van der Waals surface area contributed by atoms with Gasteiger partial charge in [-0.25, -0.2) is 0 Å². The van der Waals surface area contributed by atoms with E-state index in [2.05, 4.69) is 188 Å². The van der Waals surface area contributed by atoms with E-state index in [-0.39, 0.29) is 14.4 Å². The first-order valence-electron chi connectivity index (χ1n) is 15.9. The molecule has 0 saturated heterocycles. The lowest BCUT2D eigenvalue weighted by atomic mass is 9.74. The van der Waals surface area contributed by atoms with Crippen LogP contribution in [0.2, 0.25) is 0 Å². The Balaban J connectivity index is 1.36. The second-order valence-electron chi connectivity index (χ2n) is 13.3. The maximum Gasteiger partial charge on any atom is 0.120 e. The van der Waals surface area contributed by atoms with Crippen molar-refractivity contribution < 1.29 is 0 Å². The molecule has 0 bridgehead atoms. The van der Waals surface area contributed by atoms with Gasteiger partial charge in [-0.1, -0.05) is 118 Å². The molecule has 0 radical (unpaired) electrons. The Morgan fingerprint density at radius 2 is 1.43 bits per heavy atom. The Kier molecular flexibility index (Phi) is 7.16. The second-order valence-corrected chi connectivity index (χ2v) is 15.0. The van der Waals surface area contributed by atoms with Crippen molar-refractivity contribution in [2.24, 2.45) is 0 Å². The molecule has 2 atom stereocenters. The van der Waals surface area contributed by atoms with E-state index in [1.165, 1.54) is 55.3 Å². The summed E-state index contributed by atoms with van der Waals surface area (Å²) >= 11 is 2.72. The predicted molar refractivity (Wildman–Crippen MR) is 198 cm³/mol. The summed E-state index contributed by atoms with van der Waals surface area (Å²) in [5, 5.41) is 5.24. The van der Waals surface area contributed by atoms with Gasteiger partial charge in [0.05, 0.1) is 0 Å². The van der Waals surface area contributed by atoms with Crippen LogP contribution in [0, 0.1) is 0 Å². The van der Waals surface area contributed by atoms with E-state index in [9.17, 15) is 0 Å². The summed E-state index contributed by atoms with van der Waals surface area (Å²) in [6, 6.07) is 38.1. The molecule has 5 aromatic rings. The van der Waals surface area contributed by atoms with Gasteiger partial charge in [-0.2, -0.15) is 0 Å². The highest BCUT2D eigenvalue weighted by Gasteiger charge is 2.53. The average molecular weight is 689 g/mol. The number of nitrogens with zero attached hydrogens (tertiary/aromatic N) is 2. The van der Waals surface area contributed by atoms with E-state index in [1.807, 2.05) is 0 Å². The number of rotatable bonds is 6. The molecule has 0 fully saturated rings. The number of alkyl halides is 1. The fourth-order valence-corrected chi connectivity index (χ4v) is 8.99. The maximum atomic E-state index is 2.72. The monoisotopic (exact) mass is 688 g/mol. The van der Waals surface area contributed by atoms with Crippen molar-refractivity contribution in [1.29, 1.82) is 0 Å². The van der Waals surface area contributed by atoms with E-state index >= 15 is 0 Å². The number of hydrogen-bond acceptors (Lipinski definition) is 2. The van der Waals surface area contributed by atoms with Gasteiger partial charge < -0.3 is 9.80 Å². The molecule has 44 heavy (non-hydrogen) atoms. The number of halogens is 1. The van der Waals surface area contributed by atoms with Crippen molar-refractivity contribution in [3.05, 3.63) is 144 Å². The molecular weight excluding hydrogens is 647 g/mol. The molecule has 3 heteroatoms. The van der Waals surface area contributed by atoms with Crippen LogP contribution in [0.3, 0.4) is 0 Å². The maximum absolute atomic E-state index is 2.72. The van der Waals surface area contributed by atoms with Crippen molar-refractivity contribution in [2.45, 2.75) is 54.9 Å². The molecule has 5 aromatic carbocycles. The molecule has 0 aliphatic carbocycles. The first kappa shape index (κ1) is 29.2. The minimum atomic E-state index is -0.201. The molecule has 222 valence electrons. The molecule has 2 heterocycles. The fraction of sp³-hybridized carbons (Fsp3) is 0.268. The van der Waals surface area contributed by atoms with Crippen LogP contribution < -0.4 is 9.80 Å². The zero-order valence-electron chi connectivity index (χ0n) is 26.4. The van der Waals surface area contributed by atoms with Crippen LogP contribution in [0.1, 0.15) is 50.8 Å². The van der Waals surface area contributed by atoms with Crippen LogP contribution in [0.15, 0.2) is 127 Å². The molecule has 2 unspecified atom stereocenters. The lowest BCUT2D eigenvalue weighted by Crippen LogP contribution is -2.49. The molecule has 2 aliphatic heterocycles. The van der Waals surface area contributed by atoms with E-state index < -0.39 is 0 Å². The Labute approximate surface area is 276 Å². The normalized spacial score (nSPS) is 23.3. The Morgan fingerprint density at radius 1 is 0.750 bits per heavy atom. The summed E-state index contributed by atoms with van der Waals surface area (Å²) in [7, 11) is 2.25. The van der Waals surface area contributed by atoms with Crippen LogP contribution in [-0.2, 0) is 17.3 Å². The largest absolute Gasteiger partial charge is 0.353 e.